The van der Waals surface area contributed by atoms with Crippen molar-refractivity contribution in [2.75, 3.05) is 20.2 Å². The van der Waals surface area contributed by atoms with Crippen molar-refractivity contribution in [2.24, 2.45) is 23.7 Å². The number of aliphatic hydroxyl groups excluding tert-OH is 1. The van der Waals surface area contributed by atoms with Gasteiger partial charge in [0.25, 0.3) is 0 Å². The smallest absolute Gasteiger partial charge is 0.407 e. The van der Waals surface area contributed by atoms with Crippen molar-refractivity contribution in [1.29, 1.82) is 0 Å². The second-order valence-corrected chi connectivity index (χ2v) is 13.6. The van der Waals surface area contributed by atoms with Crippen molar-refractivity contribution in [2.45, 2.75) is 137 Å². The van der Waals surface area contributed by atoms with E-state index in [1.54, 1.807) is 34.6 Å². The molecule has 0 aliphatic carbocycles. The largest absolute Gasteiger partial charge is 0.445 e. The Hall–Kier alpha value is -3.22. The molecular weight excluding hydrogens is 606 g/mol. The van der Waals surface area contributed by atoms with Crippen molar-refractivity contribution in [3.63, 3.8) is 0 Å². The Morgan fingerprint density at radius 3 is 1.94 bits per heavy atom. The third kappa shape index (κ3) is 13.1. The van der Waals surface area contributed by atoms with Crippen LogP contribution in [0.25, 0.3) is 0 Å². The van der Waals surface area contributed by atoms with Crippen LogP contribution in [0.4, 0.5) is 4.79 Å². The van der Waals surface area contributed by atoms with Crippen LogP contribution >= 0.6 is 0 Å². The van der Waals surface area contributed by atoms with Crippen molar-refractivity contribution < 1.29 is 38.6 Å². The molecule has 0 radical (unpaired) electrons. The average Bonchev–Trinajstić information content (AvgIpc) is 3.02. The number of rotatable bonds is 12. The molecule has 1 fully saturated rings. The van der Waals surface area contributed by atoms with E-state index in [2.05, 4.69) is 28.2 Å². The molecule has 47 heavy (non-hydrogen) atoms. The van der Waals surface area contributed by atoms with E-state index in [-0.39, 0.29) is 11.8 Å². The maximum atomic E-state index is 13.9. The second-order valence-electron chi connectivity index (χ2n) is 13.6. The number of amides is 5. The number of carbonyl (C=O) groups is 6. The highest BCUT2D eigenvalue weighted by Gasteiger charge is 2.39. The lowest BCUT2D eigenvalue weighted by Crippen LogP contribution is -2.61. The topological polar surface area (TPSA) is 183 Å². The Balaban J connectivity index is 3.55. The standard InChI is InChI=1S/C34H61N5O8/c1-10-12-13-14-15-16-17-26-23(8)33(45)39(9)29(22(7)11-2)32(44)38-28(21(5)6)31(43)36-24(19-40)30(42)37-27(20(3)4)25(41)18-35-34(46)47-26/h20-24,26-29,40H,10-19H2,1-9H3,(H,35,46)(H,36,43)(H,37,42)(H,38,44). The number of hydrogen-bond acceptors (Lipinski definition) is 8. The fourth-order valence-electron chi connectivity index (χ4n) is 5.74. The molecule has 0 aromatic heterocycles. The van der Waals surface area contributed by atoms with E-state index in [1.807, 2.05) is 13.8 Å². The Bertz CT molecular complexity index is 1050. The van der Waals surface area contributed by atoms with Crippen molar-refractivity contribution in [3.05, 3.63) is 0 Å². The zero-order valence-electron chi connectivity index (χ0n) is 30.0. The molecule has 0 saturated carbocycles. The summed E-state index contributed by atoms with van der Waals surface area (Å²) in [5.74, 6) is -4.85. The van der Waals surface area contributed by atoms with Gasteiger partial charge < -0.3 is 36.0 Å². The summed E-state index contributed by atoms with van der Waals surface area (Å²) >= 11 is 0. The third-order valence-corrected chi connectivity index (χ3v) is 9.04. The Morgan fingerprint density at radius 2 is 1.38 bits per heavy atom. The predicted octanol–water partition coefficient (Wildman–Crippen LogP) is 2.68. The molecule has 1 saturated heterocycles. The summed E-state index contributed by atoms with van der Waals surface area (Å²) in [6, 6.07) is -4.49. The summed E-state index contributed by atoms with van der Waals surface area (Å²) in [5.41, 5.74) is 0. The molecule has 7 unspecified atom stereocenters. The van der Waals surface area contributed by atoms with Gasteiger partial charge in [0.1, 0.15) is 24.2 Å². The SMILES string of the molecule is CCCCCCCCC1OC(=O)NCC(=O)C(C(C)C)NC(=O)C(CO)NC(=O)C(C(C)C)NC(=O)C(C(C)CC)N(C)C(=O)C1C. The summed E-state index contributed by atoms with van der Waals surface area (Å²) in [4.78, 5) is 81.8. The van der Waals surface area contributed by atoms with Gasteiger partial charge in [0.15, 0.2) is 5.78 Å². The number of alkyl carbamates (subject to hydrolysis) is 1. The molecule has 1 heterocycles. The van der Waals surface area contributed by atoms with E-state index in [4.69, 9.17) is 4.74 Å². The maximum Gasteiger partial charge on any atom is 0.407 e. The van der Waals surface area contributed by atoms with Gasteiger partial charge in [-0.2, -0.15) is 0 Å². The summed E-state index contributed by atoms with van der Waals surface area (Å²) < 4.78 is 5.76. The number of nitrogens with zero attached hydrogens (tertiary/aromatic N) is 1. The quantitative estimate of drug-likeness (QED) is 0.197. The van der Waals surface area contributed by atoms with Gasteiger partial charge in [-0.05, 0) is 30.6 Å². The number of hydrogen-bond donors (Lipinski definition) is 5. The first-order valence-electron chi connectivity index (χ1n) is 17.4. The number of ether oxygens (including phenoxy) is 1. The van der Waals surface area contributed by atoms with E-state index in [1.165, 1.54) is 11.9 Å². The molecule has 1 rings (SSSR count). The molecule has 13 nitrogen and oxygen atoms in total. The number of nitrogens with one attached hydrogen (secondary N) is 4. The van der Waals surface area contributed by atoms with Crippen LogP contribution in [0, 0.1) is 23.7 Å². The number of Topliss-reactive ketones (excluding diaryl/α,β-unsaturated/α-hetero) is 1. The molecule has 0 aromatic carbocycles. The molecule has 5 N–H and O–H groups in total. The van der Waals surface area contributed by atoms with Gasteiger partial charge >= 0.3 is 6.09 Å². The normalized spacial score (nSPS) is 26.9. The third-order valence-electron chi connectivity index (χ3n) is 9.04. The van der Waals surface area contributed by atoms with E-state index >= 15 is 0 Å². The highest BCUT2D eigenvalue weighted by molar-refractivity contribution is 5.97. The molecule has 270 valence electrons. The number of carbonyl (C=O) groups excluding carboxylic acids is 6. The van der Waals surface area contributed by atoms with Crippen LogP contribution in [0.5, 0.6) is 0 Å². The van der Waals surface area contributed by atoms with Crippen LogP contribution in [-0.2, 0) is 28.7 Å². The van der Waals surface area contributed by atoms with Crippen molar-refractivity contribution in [1.82, 2.24) is 26.2 Å². The predicted molar refractivity (Wildman–Crippen MR) is 179 cm³/mol. The van der Waals surface area contributed by atoms with Crippen LogP contribution in [0.2, 0.25) is 0 Å². The first-order chi connectivity index (χ1) is 22.1. The van der Waals surface area contributed by atoms with Crippen molar-refractivity contribution >= 4 is 35.5 Å². The number of likely N-dealkylation sites (N-methyl/N-ethyl adjacent to an activating group) is 1. The maximum absolute atomic E-state index is 13.9. The molecule has 13 heteroatoms. The van der Waals surface area contributed by atoms with E-state index in [0.29, 0.717) is 12.8 Å². The van der Waals surface area contributed by atoms with Gasteiger partial charge in [0.05, 0.1) is 25.1 Å². The van der Waals surface area contributed by atoms with Gasteiger partial charge in [0, 0.05) is 7.05 Å². The van der Waals surface area contributed by atoms with E-state index < -0.39 is 90.8 Å². The molecule has 1 aliphatic heterocycles. The van der Waals surface area contributed by atoms with Gasteiger partial charge in [-0.3, -0.25) is 24.0 Å². The fourth-order valence-corrected chi connectivity index (χ4v) is 5.74. The molecule has 5 amide bonds. The van der Waals surface area contributed by atoms with Gasteiger partial charge in [-0.25, -0.2) is 4.79 Å². The summed E-state index contributed by atoms with van der Waals surface area (Å²) in [5, 5.41) is 20.3. The lowest BCUT2D eigenvalue weighted by atomic mass is 9.92. The monoisotopic (exact) mass is 667 g/mol. The van der Waals surface area contributed by atoms with Gasteiger partial charge in [-0.1, -0.05) is 93.9 Å². The van der Waals surface area contributed by atoms with Crippen LogP contribution in [0.1, 0.15) is 107 Å². The van der Waals surface area contributed by atoms with Gasteiger partial charge in [0.2, 0.25) is 23.6 Å². The van der Waals surface area contributed by atoms with Crippen LogP contribution in [-0.4, -0.2) is 96.0 Å². The number of ketones is 1. The summed E-state index contributed by atoms with van der Waals surface area (Å²) in [6.45, 7) is 13.2. The van der Waals surface area contributed by atoms with Crippen LogP contribution in [0.3, 0.4) is 0 Å². The van der Waals surface area contributed by atoms with Gasteiger partial charge in [-0.15, -0.1) is 0 Å². The Kier molecular flexibility index (Phi) is 18.6. The molecular formula is C34H61N5O8. The summed E-state index contributed by atoms with van der Waals surface area (Å²) in [6.07, 6.45) is 5.24. The zero-order valence-corrected chi connectivity index (χ0v) is 30.0. The second kappa shape index (κ2) is 20.9. The van der Waals surface area contributed by atoms with Crippen molar-refractivity contribution in [3.8, 4) is 0 Å². The average molecular weight is 668 g/mol. The first-order valence-corrected chi connectivity index (χ1v) is 17.4. The minimum Gasteiger partial charge on any atom is -0.445 e. The van der Waals surface area contributed by atoms with Crippen LogP contribution in [0.15, 0.2) is 0 Å². The Morgan fingerprint density at radius 1 is 0.809 bits per heavy atom. The number of cyclic esters (lactones) is 1. The fraction of sp³-hybridized carbons (Fsp3) is 0.824. The summed E-state index contributed by atoms with van der Waals surface area (Å²) in [7, 11) is 1.53. The lowest BCUT2D eigenvalue weighted by Gasteiger charge is -2.36. The lowest BCUT2D eigenvalue weighted by molar-refractivity contribution is -0.147. The Labute approximate surface area is 281 Å². The number of aliphatic hydroxyl groups is 1. The number of unbranched alkanes of at least 4 members (excludes halogenated alkanes) is 5. The molecule has 7 atom stereocenters. The van der Waals surface area contributed by atoms with E-state index in [9.17, 15) is 33.9 Å². The van der Waals surface area contributed by atoms with E-state index in [0.717, 1.165) is 38.5 Å². The first kappa shape index (κ1) is 41.8. The highest BCUT2D eigenvalue weighted by atomic mass is 16.6. The zero-order chi connectivity index (χ0) is 35.8. The molecule has 0 aromatic rings. The van der Waals surface area contributed by atoms with Crippen LogP contribution < -0.4 is 21.3 Å². The molecule has 0 spiro atoms. The highest BCUT2D eigenvalue weighted by Crippen LogP contribution is 2.23. The molecule has 1 aliphatic rings. The molecule has 0 bridgehead atoms. The minimum atomic E-state index is -1.41. The minimum absolute atomic E-state index is 0.294.